The second-order valence-electron chi connectivity index (χ2n) is 6.05. The van der Waals surface area contributed by atoms with Crippen LogP contribution in [0.25, 0.3) is 11.3 Å². The van der Waals surface area contributed by atoms with Crippen LogP contribution >= 0.6 is 0 Å². The van der Waals surface area contributed by atoms with Crippen molar-refractivity contribution in [2.75, 3.05) is 19.8 Å². The van der Waals surface area contributed by atoms with Crippen molar-refractivity contribution in [1.82, 2.24) is 19.5 Å². The van der Waals surface area contributed by atoms with Crippen LogP contribution in [0.3, 0.4) is 0 Å². The van der Waals surface area contributed by atoms with Crippen LogP contribution in [0.15, 0.2) is 30.6 Å². The van der Waals surface area contributed by atoms with Crippen molar-refractivity contribution in [1.29, 1.82) is 0 Å². The largest absolute Gasteiger partial charge is 0.380 e. The van der Waals surface area contributed by atoms with Gasteiger partial charge >= 0.3 is 0 Å². The SMILES string of the molecule is O=S(=O)(C1CCOC1)N1CCc2nnc(-c3ccncc3)cc2C1. The summed E-state index contributed by atoms with van der Waals surface area (Å²) in [4.78, 5) is 4.00. The molecule has 126 valence electrons. The zero-order chi connectivity index (χ0) is 16.6. The lowest BCUT2D eigenvalue weighted by Gasteiger charge is -2.29. The molecule has 1 unspecified atom stereocenters. The van der Waals surface area contributed by atoms with Crippen LogP contribution in [0.2, 0.25) is 0 Å². The summed E-state index contributed by atoms with van der Waals surface area (Å²) in [7, 11) is -3.33. The lowest BCUT2D eigenvalue weighted by Crippen LogP contribution is -2.42. The van der Waals surface area contributed by atoms with E-state index in [-0.39, 0.29) is 0 Å². The zero-order valence-electron chi connectivity index (χ0n) is 13.1. The highest BCUT2D eigenvalue weighted by Crippen LogP contribution is 2.26. The summed E-state index contributed by atoms with van der Waals surface area (Å²) < 4.78 is 32.3. The molecule has 7 nitrogen and oxygen atoms in total. The molecule has 2 aliphatic rings. The fraction of sp³-hybridized carbons (Fsp3) is 0.438. The molecule has 4 heterocycles. The average Bonchev–Trinajstić information content (AvgIpc) is 3.17. The molecule has 2 aromatic rings. The first-order chi connectivity index (χ1) is 11.6. The lowest BCUT2D eigenvalue weighted by atomic mass is 10.1. The number of hydrogen-bond acceptors (Lipinski definition) is 6. The third kappa shape index (κ3) is 2.81. The summed E-state index contributed by atoms with van der Waals surface area (Å²) in [5, 5.41) is 8.13. The number of sulfonamides is 1. The molecule has 0 spiro atoms. The van der Waals surface area contributed by atoms with E-state index in [2.05, 4.69) is 15.2 Å². The predicted octanol–water partition coefficient (Wildman–Crippen LogP) is 1.02. The minimum absolute atomic E-state index is 0.294. The molecule has 4 rings (SSSR count). The van der Waals surface area contributed by atoms with Gasteiger partial charge in [-0.25, -0.2) is 8.42 Å². The average molecular weight is 346 g/mol. The van der Waals surface area contributed by atoms with E-state index in [0.29, 0.717) is 39.1 Å². The van der Waals surface area contributed by atoms with Crippen molar-refractivity contribution in [3.05, 3.63) is 41.9 Å². The van der Waals surface area contributed by atoms with Gasteiger partial charge in [0.2, 0.25) is 10.0 Å². The highest BCUT2D eigenvalue weighted by atomic mass is 32.2. The number of hydrogen-bond donors (Lipinski definition) is 0. The van der Waals surface area contributed by atoms with E-state index in [4.69, 9.17) is 4.74 Å². The van der Waals surface area contributed by atoms with Gasteiger partial charge in [0.1, 0.15) is 5.25 Å². The molecule has 0 radical (unpaired) electrons. The van der Waals surface area contributed by atoms with Crippen molar-refractivity contribution < 1.29 is 13.2 Å². The molecule has 0 saturated carbocycles. The first kappa shape index (κ1) is 15.6. The molecule has 0 bridgehead atoms. The molecule has 0 aromatic carbocycles. The van der Waals surface area contributed by atoms with E-state index in [0.717, 1.165) is 22.5 Å². The summed E-state index contributed by atoms with van der Waals surface area (Å²) in [5.41, 5.74) is 3.46. The van der Waals surface area contributed by atoms with Crippen molar-refractivity contribution in [2.45, 2.75) is 24.6 Å². The number of rotatable bonds is 3. The summed E-state index contributed by atoms with van der Waals surface area (Å²) in [5.74, 6) is 0. The molecule has 0 amide bonds. The van der Waals surface area contributed by atoms with Crippen LogP contribution < -0.4 is 0 Å². The molecule has 0 aliphatic carbocycles. The Morgan fingerprint density at radius 3 is 2.79 bits per heavy atom. The fourth-order valence-corrected chi connectivity index (χ4v) is 4.89. The Hall–Kier alpha value is -1.90. The van der Waals surface area contributed by atoms with Gasteiger partial charge in [-0.15, -0.1) is 0 Å². The van der Waals surface area contributed by atoms with Gasteiger partial charge in [-0.3, -0.25) is 4.98 Å². The number of pyridine rings is 1. The van der Waals surface area contributed by atoms with Gasteiger partial charge in [0.05, 0.1) is 18.0 Å². The van der Waals surface area contributed by atoms with Crippen molar-refractivity contribution >= 4 is 10.0 Å². The van der Waals surface area contributed by atoms with E-state index >= 15 is 0 Å². The quantitative estimate of drug-likeness (QED) is 0.825. The van der Waals surface area contributed by atoms with Gasteiger partial charge in [-0.2, -0.15) is 14.5 Å². The summed E-state index contributed by atoms with van der Waals surface area (Å²) >= 11 is 0. The van der Waals surface area contributed by atoms with Gasteiger partial charge in [-0.05, 0) is 30.2 Å². The first-order valence-electron chi connectivity index (χ1n) is 7.97. The van der Waals surface area contributed by atoms with Crippen LogP contribution in [-0.4, -0.2) is 52.9 Å². The standard InChI is InChI=1S/C16H18N4O3S/c21-24(22,14-4-8-23-11-14)20-7-3-15-13(10-20)9-16(19-18-15)12-1-5-17-6-2-12/h1-2,5-6,9,14H,3-4,7-8,10-11H2. The van der Waals surface area contributed by atoms with E-state index < -0.39 is 15.3 Å². The Bertz CT molecular complexity index is 836. The van der Waals surface area contributed by atoms with Crippen LogP contribution in [0, 0.1) is 0 Å². The molecule has 1 fully saturated rings. The Morgan fingerprint density at radius 1 is 1.21 bits per heavy atom. The van der Waals surface area contributed by atoms with Gasteiger partial charge < -0.3 is 4.74 Å². The number of ether oxygens (including phenoxy) is 1. The van der Waals surface area contributed by atoms with Gasteiger partial charge in [0.15, 0.2) is 0 Å². The summed E-state index contributed by atoms with van der Waals surface area (Å²) in [6, 6.07) is 5.66. The van der Waals surface area contributed by atoms with E-state index in [1.807, 2.05) is 18.2 Å². The van der Waals surface area contributed by atoms with Gasteiger partial charge in [0, 0.05) is 44.1 Å². The van der Waals surface area contributed by atoms with Crippen LogP contribution in [0.5, 0.6) is 0 Å². The smallest absolute Gasteiger partial charge is 0.219 e. The molecule has 8 heteroatoms. The molecule has 0 N–H and O–H groups in total. The zero-order valence-corrected chi connectivity index (χ0v) is 13.9. The number of fused-ring (bicyclic) bond motifs is 1. The lowest BCUT2D eigenvalue weighted by molar-refractivity contribution is 0.197. The third-order valence-electron chi connectivity index (χ3n) is 4.55. The van der Waals surface area contributed by atoms with Crippen LogP contribution in [0.4, 0.5) is 0 Å². The van der Waals surface area contributed by atoms with Gasteiger partial charge in [-0.1, -0.05) is 0 Å². The Morgan fingerprint density at radius 2 is 2.04 bits per heavy atom. The monoisotopic (exact) mass is 346 g/mol. The third-order valence-corrected chi connectivity index (χ3v) is 6.80. The second kappa shape index (κ2) is 6.19. The van der Waals surface area contributed by atoms with Crippen molar-refractivity contribution in [2.24, 2.45) is 0 Å². The topological polar surface area (TPSA) is 85.3 Å². The molecule has 2 aromatic heterocycles. The highest BCUT2D eigenvalue weighted by molar-refractivity contribution is 7.89. The van der Waals surface area contributed by atoms with E-state index in [1.165, 1.54) is 0 Å². The summed E-state index contributed by atoms with van der Waals surface area (Å²) in [6.07, 6.45) is 4.56. The maximum Gasteiger partial charge on any atom is 0.219 e. The van der Waals surface area contributed by atoms with Crippen LogP contribution in [0.1, 0.15) is 17.7 Å². The Kier molecular flexibility index (Phi) is 4.03. The van der Waals surface area contributed by atoms with E-state index in [9.17, 15) is 8.42 Å². The van der Waals surface area contributed by atoms with Crippen molar-refractivity contribution in [3.8, 4) is 11.3 Å². The second-order valence-corrected chi connectivity index (χ2v) is 8.26. The highest BCUT2D eigenvalue weighted by Gasteiger charge is 2.36. The normalized spacial score (nSPS) is 21.6. The van der Waals surface area contributed by atoms with Crippen molar-refractivity contribution in [3.63, 3.8) is 0 Å². The van der Waals surface area contributed by atoms with Gasteiger partial charge in [0.25, 0.3) is 0 Å². The van der Waals surface area contributed by atoms with Crippen LogP contribution in [-0.2, 0) is 27.7 Å². The number of aromatic nitrogens is 3. The molecule has 2 aliphatic heterocycles. The number of nitrogens with zero attached hydrogens (tertiary/aromatic N) is 4. The molecular weight excluding hydrogens is 328 g/mol. The molecule has 1 atom stereocenters. The molecular formula is C16H18N4O3S. The molecule has 1 saturated heterocycles. The minimum Gasteiger partial charge on any atom is -0.380 e. The van der Waals surface area contributed by atoms with E-state index in [1.54, 1.807) is 16.7 Å². The first-order valence-corrected chi connectivity index (χ1v) is 9.47. The fourth-order valence-electron chi connectivity index (χ4n) is 3.14. The predicted molar refractivity (Wildman–Crippen MR) is 87.5 cm³/mol. The summed E-state index contributed by atoms with van der Waals surface area (Å²) in [6.45, 7) is 1.62. The minimum atomic E-state index is -3.33. The molecule has 24 heavy (non-hydrogen) atoms. The Labute approximate surface area is 140 Å². The maximum atomic E-state index is 12.8. The maximum absolute atomic E-state index is 12.8. The Balaban J connectivity index is 1.62.